The van der Waals surface area contributed by atoms with Gasteiger partial charge < -0.3 is 9.47 Å². The highest BCUT2D eigenvalue weighted by Gasteiger charge is 2.07. The lowest BCUT2D eigenvalue weighted by Crippen LogP contribution is -2.00. The van der Waals surface area contributed by atoms with E-state index < -0.39 is 0 Å². The third-order valence-electron chi connectivity index (χ3n) is 5.19. The van der Waals surface area contributed by atoms with Crippen molar-refractivity contribution in [2.24, 2.45) is 5.10 Å². The Hall–Kier alpha value is -3.64. The van der Waals surface area contributed by atoms with Crippen LogP contribution in [0.15, 0.2) is 83.3 Å². The van der Waals surface area contributed by atoms with Crippen molar-refractivity contribution in [1.29, 1.82) is 0 Å². The number of nitrogens with zero attached hydrogens (tertiary/aromatic N) is 2. The molecule has 0 saturated carbocycles. The van der Waals surface area contributed by atoms with Gasteiger partial charge in [0.2, 0.25) is 5.13 Å². The number of ether oxygens (including phenoxy) is 2. The molecule has 0 unspecified atom stereocenters. The average molecular weight is 458 g/mol. The number of methoxy groups -OCH3 is 1. The minimum Gasteiger partial charge on any atom is -0.496 e. The lowest BCUT2D eigenvalue weighted by Gasteiger charge is -2.12. The quantitative estimate of drug-likeness (QED) is 0.218. The molecule has 5 nitrogen and oxygen atoms in total. The first kappa shape index (κ1) is 22.6. The molecule has 0 radical (unpaired) electrons. The number of rotatable bonds is 9. The maximum atomic E-state index is 5.99. The smallest absolute Gasteiger partial charge is 0.203 e. The van der Waals surface area contributed by atoms with Gasteiger partial charge in [-0.25, -0.2) is 4.98 Å². The number of hydrogen-bond acceptors (Lipinski definition) is 6. The van der Waals surface area contributed by atoms with Crippen LogP contribution in [0.3, 0.4) is 0 Å². The molecule has 3 aromatic carbocycles. The highest BCUT2D eigenvalue weighted by Crippen LogP contribution is 2.25. The molecule has 6 heteroatoms. The Morgan fingerprint density at radius 3 is 2.55 bits per heavy atom. The molecule has 0 saturated heterocycles. The van der Waals surface area contributed by atoms with Crippen LogP contribution < -0.4 is 14.9 Å². The standard InChI is InChI=1S/C27H27N3O2S/c1-19(2)21-10-12-24(13-11-21)32-17-23-15-20(9-14-26(23)31-3)16-28-30-27-29-25(18-33-27)22-7-5-4-6-8-22/h4-16,18-19H,17H2,1-3H3,(H,29,30). The van der Waals surface area contributed by atoms with Crippen molar-refractivity contribution in [2.45, 2.75) is 26.4 Å². The van der Waals surface area contributed by atoms with Gasteiger partial charge in [0.25, 0.3) is 0 Å². The summed E-state index contributed by atoms with van der Waals surface area (Å²) >= 11 is 1.52. The van der Waals surface area contributed by atoms with E-state index in [0.717, 1.165) is 39.0 Å². The maximum Gasteiger partial charge on any atom is 0.203 e. The van der Waals surface area contributed by atoms with Crippen molar-refractivity contribution in [3.05, 3.63) is 94.9 Å². The number of benzene rings is 3. The number of thiazole rings is 1. The predicted octanol–water partition coefficient (Wildman–Crippen LogP) is 6.97. The SMILES string of the molecule is COc1ccc(C=NNc2nc(-c3ccccc3)cs2)cc1COc1ccc(C(C)C)cc1. The zero-order chi connectivity index (χ0) is 23.0. The number of hydrogen-bond donors (Lipinski definition) is 1. The van der Waals surface area contributed by atoms with E-state index in [0.29, 0.717) is 12.5 Å². The van der Waals surface area contributed by atoms with Gasteiger partial charge >= 0.3 is 0 Å². The van der Waals surface area contributed by atoms with Crippen LogP contribution in [0.1, 0.15) is 36.5 Å². The average Bonchev–Trinajstić information content (AvgIpc) is 3.32. The monoisotopic (exact) mass is 457 g/mol. The van der Waals surface area contributed by atoms with E-state index in [1.807, 2.05) is 66.0 Å². The molecule has 1 aromatic heterocycles. The Morgan fingerprint density at radius 2 is 1.82 bits per heavy atom. The topological polar surface area (TPSA) is 55.7 Å². The van der Waals surface area contributed by atoms with Gasteiger partial charge in [-0.1, -0.05) is 56.3 Å². The number of nitrogens with one attached hydrogen (secondary N) is 1. The second-order valence-electron chi connectivity index (χ2n) is 7.86. The van der Waals surface area contributed by atoms with E-state index >= 15 is 0 Å². The molecule has 0 fully saturated rings. The Balaban J connectivity index is 1.40. The van der Waals surface area contributed by atoms with Gasteiger partial charge in [-0.3, -0.25) is 5.43 Å². The summed E-state index contributed by atoms with van der Waals surface area (Å²) in [5.41, 5.74) is 8.23. The Labute approximate surface area is 198 Å². The number of hydrazone groups is 1. The minimum atomic E-state index is 0.409. The van der Waals surface area contributed by atoms with Crippen molar-refractivity contribution in [2.75, 3.05) is 12.5 Å². The molecule has 0 spiro atoms. The zero-order valence-corrected chi connectivity index (χ0v) is 19.8. The molecule has 0 aliphatic heterocycles. The lowest BCUT2D eigenvalue weighted by atomic mass is 10.0. The Morgan fingerprint density at radius 1 is 1.03 bits per heavy atom. The van der Waals surface area contributed by atoms with Gasteiger partial charge in [-0.2, -0.15) is 5.10 Å². The fourth-order valence-corrected chi connectivity index (χ4v) is 4.00. The van der Waals surface area contributed by atoms with Crippen LogP contribution in [0.25, 0.3) is 11.3 Å². The predicted molar refractivity (Wildman–Crippen MR) is 137 cm³/mol. The molecular weight excluding hydrogens is 430 g/mol. The summed E-state index contributed by atoms with van der Waals surface area (Å²) in [7, 11) is 1.67. The minimum absolute atomic E-state index is 0.409. The van der Waals surface area contributed by atoms with Crippen molar-refractivity contribution in [3.8, 4) is 22.8 Å². The highest BCUT2D eigenvalue weighted by atomic mass is 32.1. The van der Waals surface area contributed by atoms with Gasteiger partial charge in [0.1, 0.15) is 18.1 Å². The zero-order valence-electron chi connectivity index (χ0n) is 19.0. The molecule has 4 rings (SSSR count). The van der Waals surface area contributed by atoms with Crippen molar-refractivity contribution >= 4 is 22.7 Å². The van der Waals surface area contributed by atoms with Crippen molar-refractivity contribution in [1.82, 2.24) is 4.98 Å². The first-order chi connectivity index (χ1) is 16.1. The van der Waals surface area contributed by atoms with Gasteiger partial charge in [0, 0.05) is 16.5 Å². The molecule has 1 N–H and O–H groups in total. The highest BCUT2D eigenvalue weighted by molar-refractivity contribution is 7.14. The first-order valence-corrected chi connectivity index (χ1v) is 11.7. The Kier molecular flexibility index (Phi) is 7.37. The van der Waals surface area contributed by atoms with Gasteiger partial charge in [-0.15, -0.1) is 11.3 Å². The normalized spacial score (nSPS) is 11.2. The number of anilines is 1. The molecule has 168 valence electrons. The van der Waals surface area contributed by atoms with E-state index in [9.17, 15) is 0 Å². The summed E-state index contributed by atoms with van der Waals surface area (Å²) in [6.07, 6.45) is 1.77. The van der Waals surface area contributed by atoms with Gasteiger partial charge in [0.05, 0.1) is 19.0 Å². The summed E-state index contributed by atoms with van der Waals surface area (Å²) in [4.78, 5) is 4.59. The summed E-state index contributed by atoms with van der Waals surface area (Å²) in [5.74, 6) is 2.12. The fraction of sp³-hybridized carbons (Fsp3) is 0.185. The van der Waals surface area contributed by atoms with Gasteiger partial charge in [0.15, 0.2) is 0 Å². The summed E-state index contributed by atoms with van der Waals surface area (Å²) in [5, 5.41) is 7.11. The molecule has 0 aliphatic carbocycles. The first-order valence-electron chi connectivity index (χ1n) is 10.8. The molecule has 0 bridgehead atoms. The Bertz CT molecular complexity index is 1200. The van der Waals surface area contributed by atoms with Crippen molar-refractivity contribution in [3.63, 3.8) is 0 Å². The maximum absolute atomic E-state index is 5.99. The molecule has 0 atom stereocenters. The largest absolute Gasteiger partial charge is 0.496 e. The van der Waals surface area contributed by atoms with Crippen LogP contribution in [0.5, 0.6) is 11.5 Å². The van der Waals surface area contributed by atoms with Crippen LogP contribution in [-0.2, 0) is 6.61 Å². The van der Waals surface area contributed by atoms with E-state index in [4.69, 9.17) is 9.47 Å². The number of aromatic nitrogens is 1. The van der Waals surface area contributed by atoms with E-state index in [1.54, 1.807) is 13.3 Å². The summed E-state index contributed by atoms with van der Waals surface area (Å²) in [6.45, 7) is 4.77. The molecule has 0 aliphatic rings. The van der Waals surface area contributed by atoms with Crippen LogP contribution in [0.2, 0.25) is 0 Å². The van der Waals surface area contributed by atoms with Crippen LogP contribution in [-0.4, -0.2) is 18.3 Å². The second kappa shape index (κ2) is 10.8. The van der Waals surface area contributed by atoms with E-state index in [2.05, 4.69) is 41.5 Å². The van der Waals surface area contributed by atoms with Crippen LogP contribution >= 0.6 is 11.3 Å². The van der Waals surface area contributed by atoms with Gasteiger partial charge in [-0.05, 0) is 47.4 Å². The van der Waals surface area contributed by atoms with Crippen LogP contribution in [0.4, 0.5) is 5.13 Å². The lowest BCUT2D eigenvalue weighted by molar-refractivity contribution is 0.296. The summed E-state index contributed by atoms with van der Waals surface area (Å²) in [6, 6.07) is 24.2. The second-order valence-corrected chi connectivity index (χ2v) is 8.72. The van der Waals surface area contributed by atoms with E-state index in [-0.39, 0.29) is 0 Å². The third kappa shape index (κ3) is 5.99. The molecule has 1 heterocycles. The fourth-order valence-electron chi connectivity index (χ4n) is 3.33. The molecular formula is C27H27N3O2S. The molecule has 4 aromatic rings. The van der Waals surface area contributed by atoms with Crippen LogP contribution in [0, 0.1) is 0 Å². The summed E-state index contributed by atoms with van der Waals surface area (Å²) < 4.78 is 11.5. The van der Waals surface area contributed by atoms with E-state index in [1.165, 1.54) is 16.9 Å². The third-order valence-corrected chi connectivity index (χ3v) is 5.94. The molecule has 33 heavy (non-hydrogen) atoms. The molecule has 0 amide bonds. The van der Waals surface area contributed by atoms with Crippen molar-refractivity contribution < 1.29 is 9.47 Å².